The fraction of sp³-hybridized carbons (Fsp3) is 0.500. The lowest BCUT2D eigenvalue weighted by Crippen LogP contribution is -2.28. The standard InChI is InChI=1S/C12H16FNO/c1-8-4-5-10(12(15)11(8)13)9-3-2-6-14-7-9/h4-5,9,14-15H,2-3,6-7H2,1H3. The van der Waals surface area contributed by atoms with Crippen LogP contribution < -0.4 is 5.32 Å². The zero-order valence-electron chi connectivity index (χ0n) is 8.89. The van der Waals surface area contributed by atoms with Crippen LogP contribution in [0.1, 0.15) is 29.9 Å². The maximum atomic E-state index is 13.5. The largest absolute Gasteiger partial charge is 0.505 e. The van der Waals surface area contributed by atoms with Crippen molar-refractivity contribution in [2.24, 2.45) is 0 Å². The Bertz CT molecular complexity index is 359. The van der Waals surface area contributed by atoms with Gasteiger partial charge in [0.25, 0.3) is 0 Å². The minimum absolute atomic E-state index is 0.163. The highest BCUT2D eigenvalue weighted by Crippen LogP contribution is 2.33. The molecule has 0 amide bonds. The number of aromatic hydroxyl groups is 1. The van der Waals surface area contributed by atoms with E-state index in [9.17, 15) is 9.50 Å². The molecule has 1 saturated heterocycles. The number of rotatable bonds is 1. The summed E-state index contributed by atoms with van der Waals surface area (Å²) in [5, 5.41) is 13.0. The Morgan fingerprint density at radius 2 is 2.27 bits per heavy atom. The quantitative estimate of drug-likeness (QED) is 0.744. The van der Waals surface area contributed by atoms with Crippen LogP contribution in [0.5, 0.6) is 5.75 Å². The zero-order chi connectivity index (χ0) is 10.8. The highest BCUT2D eigenvalue weighted by molar-refractivity contribution is 5.40. The third-order valence-corrected chi connectivity index (χ3v) is 3.08. The van der Waals surface area contributed by atoms with Crippen molar-refractivity contribution in [2.45, 2.75) is 25.7 Å². The zero-order valence-corrected chi connectivity index (χ0v) is 8.89. The third-order valence-electron chi connectivity index (χ3n) is 3.08. The van der Waals surface area contributed by atoms with Gasteiger partial charge in [-0.15, -0.1) is 0 Å². The van der Waals surface area contributed by atoms with Gasteiger partial charge in [0, 0.05) is 18.0 Å². The molecule has 2 nitrogen and oxygen atoms in total. The number of aryl methyl sites for hydroxylation is 1. The van der Waals surface area contributed by atoms with Crippen LogP contribution in [0.2, 0.25) is 0 Å². The smallest absolute Gasteiger partial charge is 0.167 e. The van der Waals surface area contributed by atoms with Crippen LogP contribution in [0, 0.1) is 12.7 Å². The first-order valence-electron chi connectivity index (χ1n) is 5.39. The van der Waals surface area contributed by atoms with Crippen LogP contribution in [-0.2, 0) is 0 Å². The summed E-state index contributed by atoms with van der Waals surface area (Å²) >= 11 is 0. The van der Waals surface area contributed by atoms with Gasteiger partial charge in [0.05, 0.1) is 0 Å². The second-order valence-corrected chi connectivity index (χ2v) is 4.18. The number of piperidine rings is 1. The van der Waals surface area contributed by atoms with E-state index in [1.165, 1.54) is 0 Å². The monoisotopic (exact) mass is 209 g/mol. The predicted molar refractivity (Wildman–Crippen MR) is 57.6 cm³/mol. The molecule has 0 radical (unpaired) electrons. The van der Waals surface area contributed by atoms with E-state index in [1.807, 2.05) is 6.07 Å². The lowest BCUT2D eigenvalue weighted by molar-refractivity contribution is 0.399. The van der Waals surface area contributed by atoms with Crippen molar-refractivity contribution in [3.8, 4) is 5.75 Å². The summed E-state index contributed by atoms with van der Waals surface area (Å²) in [7, 11) is 0. The van der Waals surface area contributed by atoms with Gasteiger partial charge in [0.15, 0.2) is 11.6 Å². The first-order chi connectivity index (χ1) is 7.20. The summed E-state index contributed by atoms with van der Waals surface area (Å²) in [5.74, 6) is -0.393. The second kappa shape index (κ2) is 4.19. The van der Waals surface area contributed by atoms with Crippen LogP contribution >= 0.6 is 0 Å². The molecule has 1 aromatic carbocycles. The summed E-state index contributed by atoms with van der Waals surface area (Å²) in [6.45, 7) is 3.51. The molecule has 3 heteroatoms. The van der Waals surface area contributed by atoms with Crippen LogP contribution in [-0.4, -0.2) is 18.2 Å². The number of hydrogen-bond acceptors (Lipinski definition) is 2. The van der Waals surface area contributed by atoms with Gasteiger partial charge in [0.2, 0.25) is 0 Å². The molecular formula is C12H16FNO. The van der Waals surface area contributed by atoms with Gasteiger partial charge in [0.1, 0.15) is 0 Å². The molecule has 0 aromatic heterocycles. The molecular weight excluding hydrogens is 193 g/mol. The Morgan fingerprint density at radius 3 is 2.93 bits per heavy atom. The maximum Gasteiger partial charge on any atom is 0.167 e. The molecule has 1 aliphatic rings. The van der Waals surface area contributed by atoms with Gasteiger partial charge in [-0.3, -0.25) is 0 Å². The topological polar surface area (TPSA) is 32.3 Å². The van der Waals surface area contributed by atoms with E-state index >= 15 is 0 Å². The van der Waals surface area contributed by atoms with Crippen LogP contribution in [0.4, 0.5) is 4.39 Å². The average Bonchev–Trinajstić information content (AvgIpc) is 2.27. The highest BCUT2D eigenvalue weighted by atomic mass is 19.1. The minimum atomic E-state index is -0.474. The van der Waals surface area contributed by atoms with Crippen LogP contribution in [0.3, 0.4) is 0 Å². The molecule has 2 rings (SSSR count). The molecule has 1 aliphatic heterocycles. The number of phenolic OH excluding ortho intramolecular Hbond substituents is 1. The molecule has 82 valence electrons. The maximum absolute atomic E-state index is 13.5. The van der Waals surface area contributed by atoms with Crippen molar-refractivity contribution < 1.29 is 9.50 Å². The molecule has 1 aromatic rings. The van der Waals surface area contributed by atoms with Gasteiger partial charge in [-0.05, 0) is 31.9 Å². The van der Waals surface area contributed by atoms with E-state index < -0.39 is 5.82 Å². The van der Waals surface area contributed by atoms with E-state index in [0.717, 1.165) is 31.5 Å². The van der Waals surface area contributed by atoms with Gasteiger partial charge in [-0.2, -0.15) is 0 Å². The van der Waals surface area contributed by atoms with Crippen molar-refractivity contribution in [3.63, 3.8) is 0 Å². The Hall–Kier alpha value is -1.09. The van der Waals surface area contributed by atoms with E-state index in [0.29, 0.717) is 5.56 Å². The third kappa shape index (κ3) is 1.97. The van der Waals surface area contributed by atoms with Crippen LogP contribution in [0.25, 0.3) is 0 Å². The Labute approximate surface area is 89.1 Å². The Balaban J connectivity index is 2.31. The summed E-state index contributed by atoms with van der Waals surface area (Å²) in [5.41, 5.74) is 1.24. The lowest BCUT2D eigenvalue weighted by atomic mass is 9.90. The Kier molecular flexibility index (Phi) is 2.91. The first kappa shape index (κ1) is 10.4. The van der Waals surface area contributed by atoms with E-state index in [4.69, 9.17) is 0 Å². The van der Waals surface area contributed by atoms with E-state index in [-0.39, 0.29) is 11.7 Å². The molecule has 0 aliphatic carbocycles. The second-order valence-electron chi connectivity index (χ2n) is 4.18. The summed E-state index contributed by atoms with van der Waals surface area (Å²) in [4.78, 5) is 0. The molecule has 0 bridgehead atoms. The molecule has 15 heavy (non-hydrogen) atoms. The van der Waals surface area contributed by atoms with Crippen molar-refractivity contribution in [3.05, 3.63) is 29.1 Å². The van der Waals surface area contributed by atoms with Gasteiger partial charge >= 0.3 is 0 Å². The molecule has 1 heterocycles. The SMILES string of the molecule is Cc1ccc(C2CCCNC2)c(O)c1F. The number of benzene rings is 1. The fourth-order valence-electron chi connectivity index (χ4n) is 2.13. The van der Waals surface area contributed by atoms with E-state index in [2.05, 4.69) is 5.32 Å². The molecule has 1 unspecified atom stereocenters. The number of halogens is 1. The lowest BCUT2D eigenvalue weighted by Gasteiger charge is -2.24. The number of hydrogen-bond donors (Lipinski definition) is 2. The predicted octanol–water partition coefficient (Wildman–Crippen LogP) is 2.31. The van der Waals surface area contributed by atoms with E-state index in [1.54, 1.807) is 13.0 Å². The molecule has 0 spiro atoms. The number of phenols is 1. The van der Waals surface area contributed by atoms with Crippen molar-refractivity contribution >= 4 is 0 Å². The summed E-state index contributed by atoms with van der Waals surface area (Å²) in [6.07, 6.45) is 2.10. The highest BCUT2D eigenvalue weighted by Gasteiger charge is 2.20. The Morgan fingerprint density at radius 1 is 1.47 bits per heavy atom. The summed E-state index contributed by atoms with van der Waals surface area (Å²) < 4.78 is 13.5. The number of nitrogens with one attached hydrogen (secondary N) is 1. The van der Waals surface area contributed by atoms with Crippen LogP contribution in [0.15, 0.2) is 12.1 Å². The van der Waals surface area contributed by atoms with Gasteiger partial charge in [-0.1, -0.05) is 12.1 Å². The molecule has 1 atom stereocenters. The van der Waals surface area contributed by atoms with Crippen molar-refractivity contribution in [1.29, 1.82) is 0 Å². The van der Waals surface area contributed by atoms with Crippen molar-refractivity contribution in [2.75, 3.05) is 13.1 Å². The minimum Gasteiger partial charge on any atom is -0.505 e. The average molecular weight is 209 g/mol. The molecule has 1 fully saturated rings. The fourth-order valence-corrected chi connectivity index (χ4v) is 2.13. The van der Waals surface area contributed by atoms with Crippen molar-refractivity contribution in [1.82, 2.24) is 5.32 Å². The normalized spacial score (nSPS) is 21.6. The van der Waals surface area contributed by atoms with Gasteiger partial charge in [-0.25, -0.2) is 4.39 Å². The molecule has 0 saturated carbocycles. The van der Waals surface area contributed by atoms with Gasteiger partial charge < -0.3 is 10.4 Å². The first-order valence-corrected chi connectivity index (χ1v) is 5.39. The summed E-state index contributed by atoms with van der Waals surface area (Å²) in [6, 6.07) is 3.57. The molecule has 2 N–H and O–H groups in total.